The average Bonchev–Trinajstić information content (AvgIpc) is 3.05. The maximum atomic E-state index is 11.8. The van der Waals surface area contributed by atoms with E-state index in [0.29, 0.717) is 6.04 Å². The summed E-state index contributed by atoms with van der Waals surface area (Å²) in [6.45, 7) is 3.86. The number of amides is 1. The molecule has 1 aliphatic rings. The van der Waals surface area contributed by atoms with Crippen molar-refractivity contribution in [1.29, 1.82) is 0 Å². The summed E-state index contributed by atoms with van der Waals surface area (Å²) in [5, 5.41) is 11.9. The van der Waals surface area contributed by atoms with E-state index in [0.717, 1.165) is 19.3 Å². The van der Waals surface area contributed by atoms with E-state index in [1.165, 1.54) is 4.90 Å². The molecule has 1 aliphatic carbocycles. The molecule has 0 saturated heterocycles. The van der Waals surface area contributed by atoms with Gasteiger partial charge in [-0.25, -0.2) is 0 Å². The predicted molar refractivity (Wildman–Crippen MR) is 60.1 cm³/mol. The molecule has 0 aliphatic heterocycles. The molecule has 0 bridgehead atoms. The average molecular weight is 228 g/mol. The van der Waals surface area contributed by atoms with E-state index in [9.17, 15) is 9.59 Å². The van der Waals surface area contributed by atoms with Crippen molar-refractivity contribution in [2.45, 2.75) is 45.2 Å². The number of carboxylic acids is 1. The summed E-state index contributed by atoms with van der Waals surface area (Å²) in [4.78, 5) is 23.9. The molecule has 1 rings (SSSR count). The largest absolute Gasteiger partial charge is 0.480 e. The molecule has 1 fully saturated rings. The number of aliphatic carboxylic acids is 1. The van der Waals surface area contributed by atoms with Gasteiger partial charge in [0.05, 0.1) is 6.54 Å². The number of carbonyl (C=O) groups is 2. The first-order chi connectivity index (χ1) is 7.54. The molecule has 0 heterocycles. The van der Waals surface area contributed by atoms with Crippen LogP contribution < -0.4 is 5.32 Å². The second-order valence-electron chi connectivity index (χ2n) is 4.33. The quantitative estimate of drug-likeness (QED) is 0.664. The lowest BCUT2D eigenvalue weighted by Crippen LogP contribution is -2.46. The zero-order valence-electron chi connectivity index (χ0n) is 9.90. The molecule has 1 unspecified atom stereocenters. The molecular formula is C11H20N2O3. The van der Waals surface area contributed by atoms with E-state index >= 15 is 0 Å². The van der Waals surface area contributed by atoms with Crippen LogP contribution in [-0.4, -0.2) is 47.1 Å². The molecule has 0 aromatic heterocycles. The number of rotatable bonds is 7. The van der Waals surface area contributed by atoms with Crippen molar-refractivity contribution in [3.05, 3.63) is 0 Å². The number of carbonyl (C=O) groups excluding carboxylic acids is 1. The minimum atomic E-state index is -0.958. The van der Waals surface area contributed by atoms with E-state index in [-0.39, 0.29) is 25.0 Å². The van der Waals surface area contributed by atoms with Crippen LogP contribution in [0, 0.1) is 0 Å². The predicted octanol–water partition coefficient (Wildman–Crippen LogP) is 0.450. The second-order valence-corrected chi connectivity index (χ2v) is 4.33. The van der Waals surface area contributed by atoms with Crippen LogP contribution in [-0.2, 0) is 9.59 Å². The molecule has 2 N–H and O–H groups in total. The molecule has 0 aromatic rings. The maximum absolute atomic E-state index is 11.8. The zero-order valence-corrected chi connectivity index (χ0v) is 9.90. The lowest BCUT2D eigenvalue weighted by Gasteiger charge is -2.27. The number of hydrogen-bond donors (Lipinski definition) is 2. The Balaban J connectivity index is 2.44. The summed E-state index contributed by atoms with van der Waals surface area (Å²) in [5.41, 5.74) is 0. The lowest BCUT2D eigenvalue weighted by molar-refractivity contribution is -0.145. The van der Waals surface area contributed by atoms with Gasteiger partial charge in [0.2, 0.25) is 5.91 Å². The van der Waals surface area contributed by atoms with Crippen LogP contribution in [0.5, 0.6) is 0 Å². The molecule has 5 heteroatoms. The van der Waals surface area contributed by atoms with Gasteiger partial charge in [-0.3, -0.25) is 9.59 Å². The Morgan fingerprint density at radius 2 is 2.12 bits per heavy atom. The fraction of sp³-hybridized carbons (Fsp3) is 0.818. The number of nitrogens with one attached hydrogen (secondary N) is 1. The molecule has 0 radical (unpaired) electrons. The van der Waals surface area contributed by atoms with E-state index < -0.39 is 5.97 Å². The third-order valence-corrected chi connectivity index (χ3v) is 2.87. The molecular weight excluding hydrogens is 208 g/mol. The monoisotopic (exact) mass is 228 g/mol. The van der Waals surface area contributed by atoms with Crippen LogP contribution in [0.25, 0.3) is 0 Å². The normalized spacial score (nSPS) is 16.9. The van der Waals surface area contributed by atoms with Crippen molar-refractivity contribution in [3.8, 4) is 0 Å². The fourth-order valence-electron chi connectivity index (χ4n) is 1.48. The van der Waals surface area contributed by atoms with Gasteiger partial charge in [0.25, 0.3) is 0 Å². The Morgan fingerprint density at radius 3 is 2.56 bits per heavy atom. The molecule has 1 amide bonds. The van der Waals surface area contributed by atoms with Gasteiger partial charge < -0.3 is 15.3 Å². The fourth-order valence-corrected chi connectivity index (χ4v) is 1.48. The van der Waals surface area contributed by atoms with Gasteiger partial charge in [0.15, 0.2) is 0 Å². The Bertz CT molecular complexity index is 264. The van der Waals surface area contributed by atoms with Crippen LogP contribution in [0.1, 0.15) is 33.1 Å². The van der Waals surface area contributed by atoms with Gasteiger partial charge >= 0.3 is 5.97 Å². The third-order valence-electron chi connectivity index (χ3n) is 2.87. The smallest absolute Gasteiger partial charge is 0.323 e. The van der Waals surface area contributed by atoms with Gasteiger partial charge in [0.1, 0.15) is 6.54 Å². The molecule has 5 nitrogen and oxygen atoms in total. The van der Waals surface area contributed by atoms with Crippen LogP contribution in [0.15, 0.2) is 0 Å². The Morgan fingerprint density at radius 1 is 1.50 bits per heavy atom. The van der Waals surface area contributed by atoms with Crippen molar-refractivity contribution in [2.75, 3.05) is 13.1 Å². The van der Waals surface area contributed by atoms with Gasteiger partial charge in [-0.2, -0.15) is 0 Å². The highest BCUT2D eigenvalue weighted by atomic mass is 16.4. The summed E-state index contributed by atoms with van der Waals surface area (Å²) in [6, 6.07) is 0.442. The molecule has 92 valence electrons. The molecule has 1 atom stereocenters. The van der Waals surface area contributed by atoms with Gasteiger partial charge in [-0.1, -0.05) is 6.92 Å². The Labute approximate surface area is 95.8 Å². The first-order valence-electron chi connectivity index (χ1n) is 5.79. The molecule has 0 spiro atoms. The number of carboxylic acid groups (broad SMARTS) is 1. The van der Waals surface area contributed by atoms with Crippen molar-refractivity contribution in [2.24, 2.45) is 0 Å². The van der Waals surface area contributed by atoms with Crippen molar-refractivity contribution in [3.63, 3.8) is 0 Å². The maximum Gasteiger partial charge on any atom is 0.323 e. The first kappa shape index (κ1) is 13.0. The SMILES string of the molecule is CCC(C)N(CC(=O)O)C(=O)CNC1CC1. The van der Waals surface area contributed by atoms with E-state index in [2.05, 4.69) is 5.32 Å². The minimum Gasteiger partial charge on any atom is -0.480 e. The summed E-state index contributed by atoms with van der Waals surface area (Å²) in [5.74, 6) is -1.08. The Kier molecular flexibility index (Phi) is 4.73. The van der Waals surface area contributed by atoms with E-state index in [1.54, 1.807) is 0 Å². The van der Waals surface area contributed by atoms with E-state index in [4.69, 9.17) is 5.11 Å². The summed E-state index contributed by atoms with van der Waals surface area (Å²) in [6.07, 6.45) is 3.01. The van der Waals surface area contributed by atoms with Crippen molar-refractivity contribution >= 4 is 11.9 Å². The number of nitrogens with zero attached hydrogens (tertiary/aromatic N) is 1. The molecule has 16 heavy (non-hydrogen) atoms. The Hall–Kier alpha value is -1.10. The highest BCUT2D eigenvalue weighted by Gasteiger charge is 2.25. The first-order valence-corrected chi connectivity index (χ1v) is 5.79. The van der Waals surface area contributed by atoms with E-state index in [1.807, 2.05) is 13.8 Å². The molecule has 0 aromatic carbocycles. The lowest BCUT2D eigenvalue weighted by atomic mass is 10.2. The van der Waals surface area contributed by atoms with Gasteiger partial charge in [0, 0.05) is 12.1 Å². The van der Waals surface area contributed by atoms with Crippen LogP contribution in [0.3, 0.4) is 0 Å². The summed E-state index contributed by atoms with van der Waals surface area (Å²) >= 11 is 0. The van der Waals surface area contributed by atoms with Crippen molar-refractivity contribution < 1.29 is 14.7 Å². The number of hydrogen-bond acceptors (Lipinski definition) is 3. The standard InChI is InChI=1S/C11H20N2O3/c1-3-8(2)13(7-11(15)16)10(14)6-12-9-4-5-9/h8-9,12H,3-7H2,1-2H3,(H,15,16). The second kappa shape index (κ2) is 5.84. The highest BCUT2D eigenvalue weighted by Crippen LogP contribution is 2.18. The zero-order chi connectivity index (χ0) is 12.1. The van der Waals surface area contributed by atoms with Gasteiger partial charge in [-0.05, 0) is 26.2 Å². The topological polar surface area (TPSA) is 69.6 Å². The highest BCUT2D eigenvalue weighted by molar-refractivity contribution is 5.83. The summed E-state index contributed by atoms with van der Waals surface area (Å²) in [7, 11) is 0. The van der Waals surface area contributed by atoms with Crippen LogP contribution >= 0.6 is 0 Å². The third kappa shape index (κ3) is 4.18. The van der Waals surface area contributed by atoms with Crippen LogP contribution in [0.2, 0.25) is 0 Å². The van der Waals surface area contributed by atoms with Gasteiger partial charge in [-0.15, -0.1) is 0 Å². The summed E-state index contributed by atoms with van der Waals surface area (Å²) < 4.78 is 0. The van der Waals surface area contributed by atoms with Crippen LogP contribution in [0.4, 0.5) is 0 Å². The van der Waals surface area contributed by atoms with Crippen molar-refractivity contribution in [1.82, 2.24) is 10.2 Å². The minimum absolute atomic E-state index is 0.0235. The molecule has 1 saturated carbocycles.